The largest absolute Gasteiger partial charge is 0.389 e. The van der Waals surface area contributed by atoms with Gasteiger partial charge in [-0.05, 0) is 48.0 Å². The molecule has 0 aromatic heterocycles. The van der Waals surface area contributed by atoms with E-state index in [0.29, 0.717) is 12.1 Å². The molecule has 5 heteroatoms. The molecule has 0 spiro atoms. The maximum Gasteiger partial charge on any atom is 0.150 e. The summed E-state index contributed by atoms with van der Waals surface area (Å²) in [5.74, 6) is 0. The summed E-state index contributed by atoms with van der Waals surface area (Å²) in [6.07, 6.45) is 0.857. The van der Waals surface area contributed by atoms with Crippen LogP contribution in [0, 0.1) is 0 Å². The standard InChI is InChI=1S/C15H21BrN2O2/c1-15(2,20)11-17-5-7-18(8-6-17)14-4-3-12(10-19)9-13(14)16/h3-4,9-10,20H,5-8,11H2,1-2H3. The fraction of sp³-hybridized carbons (Fsp3) is 0.533. The summed E-state index contributed by atoms with van der Waals surface area (Å²) in [7, 11) is 0. The van der Waals surface area contributed by atoms with Crippen LogP contribution in [0.5, 0.6) is 0 Å². The molecule has 0 amide bonds. The summed E-state index contributed by atoms with van der Waals surface area (Å²) in [5, 5.41) is 9.86. The summed E-state index contributed by atoms with van der Waals surface area (Å²) in [5.41, 5.74) is 1.16. The monoisotopic (exact) mass is 340 g/mol. The maximum atomic E-state index is 10.8. The Labute approximate surface area is 128 Å². The average molecular weight is 341 g/mol. The number of aliphatic hydroxyl groups is 1. The molecule has 110 valence electrons. The molecule has 1 aliphatic heterocycles. The van der Waals surface area contributed by atoms with E-state index < -0.39 is 5.60 Å². The number of anilines is 1. The van der Waals surface area contributed by atoms with Crippen molar-refractivity contribution in [2.75, 3.05) is 37.6 Å². The number of carbonyl (C=O) groups excluding carboxylic acids is 1. The highest BCUT2D eigenvalue weighted by molar-refractivity contribution is 9.10. The summed E-state index contributed by atoms with van der Waals surface area (Å²) in [6.45, 7) is 8.11. The lowest BCUT2D eigenvalue weighted by molar-refractivity contribution is 0.0345. The zero-order valence-electron chi connectivity index (χ0n) is 12.0. The molecule has 1 aromatic rings. The second kappa shape index (κ2) is 6.24. The molecule has 1 saturated heterocycles. The summed E-state index contributed by atoms with van der Waals surface area (Å²) in [4.78, 5) is 15.3. The van der Waals surface area contributed by atoms with Crippen LogP contribution in [0.25, 0.3) is 0 Å². The number of carbonyl (C=O) groups is 1. The predicted molar refractivity (Wildman–Crippen MR) is 84.5 cm³/mol. The average Bonchev–Trinajstić information content (AvgIpc) is 2.38. The molecule has 0 atom stereocenters. The number of aldehydes is 1. The Morgan fingerprint density at radius 2 is 1.95 bits per heavy atom. The minimum atomic E-state index is -0.644. The number of hydrogen-bond donors (Lipinski definition) is 1. The number of benzene rings is 1. The lowest BCUT2D eigenvalue weighted by Gasteiger charge is -2.38. The molecule has 0 bridgehead atoms. The molecule has 1 N–H and O–H groups in total. The van der Waals surface area contributed by atoms with Gasteiger partial charge >= 0.3 is 0 Å². The summed E-state index contributed by atoms with van der Waals surface area (Å²) >= 11 is 3.53. The highest BCUT2D eigenvalue weighted by atomic mass is 79.9. The van der Waals surface area contributed by atoms with Crippen LogP contribution < -0.4 is 4.90 Å². The van der Waals surface area contributed by atoms with Gasteiger partial charge in [-0.2, -0.15) is 0 Å². The van der Waals surface area contributed by atoms with Crippen molar-refractivity contribution in [1.82, 2.24) is 4.90 Å². The van der Waals surface area contributed by atoms with E-state index in [4.69, 9.17) is 0 Å². The number of β-amino-alcohol motifs (C(OH)–C–C–N with tert-alkyl or cyclic N) is 1. The smallest absolute Gasteiger partial charge is 0.150 e. The van der Waals surface area contributed by atoms with Crippen LogP contribution in [0.1, 0.15) is 24.2 Å². The number of halogens is 1. The van der Waals surface area contributed by atoms with Crippen LogP contribution >= 0.6 is 15.9 Å². The van der Waals surface area contributed by atoms with Gasteiger partial charge in [0.25, 0.3) is 0 Å². The zero-order valence-corrected chi connectivity index (χ0v) is 13.6. The molecule has 1 aliphatic rings. The van der Waals surface area contributed by atoms with E-state index in [9.17, 15) is 9.90 Å². The molecule has 20 heavy (non-hydrogen) atoms. The molecule has 1 aromatic carbocycles. The Morgan fingerprint density at radius 3 is 2.45 bits per heavy atom. The van der Waals surface area contributed by atoms with E-state index in [0.717, 1.165) is 42.6 Å². The van der Waals surface area contributed by atoms with Gasteiger partial charge in [-0.3, -0.25) is 9.69 Å². The second-order valence-corrected chi connectivity index (χ2v) is 6.76. The van der Waals surface area contributed by atoms with Gasteiger partial charge in [0.15, 0.2) is 0 Å². The van der Waals surface area contributed by atoms with E-state index in [-0.39, 0.29) is 0 Å². The van der Waals surface area contributed by atoms with E-state index in [1.54, 1.807) is 0 Å². The van der Waals surface area contributed by atoms with Gasteiger partial charge in [0.05, 0.1) is 11.3 Å². The minimum absolute atomic E-state index is 0.644. The Morgan fingerprint density at radius 1 is 1.30 bits per heavy atom. The first-order valence-electron chi connectivity index (χ1n) is 6.83. The van der Waals surface area contributed by atoms with Crippen LogP contribution in [0.2, 0.25) is 0 Å². The first-order chi connectivity index (χ1) is 9.39. The van der Waals surface area contributed by atoms with Crippen molar-refractivity contribution in [3.05, 3.63) is 28.2 Å². The molecule has 0 unspecified atom stereocenters. The highest BCUT2D eigenvalue weighted by Crippen LogP contribution is 2.28. The van der Waals surface area contributed by atoms with Crippen LogP contribution in [-0.4, -0.2) is 54.6 Å². The molecule has 4 nitrogen and oxygen atoms in total. The predicted octanol–water partition coefficient (Wildman–Crippen LogP) is 2.15. The van der Waals surface area contributed by atoms with Crippen LogP contribution in [-0.2, 0) is 0 Å². The molecule has 1 fully saturated rings. The third-order valence-electron chi connectivity index (χ3n) is 3.43. The molecule has 0 aliphatic carbocycles. The zero-order chi connectivity index (χ0) is 14.8. The van der Waals surface area contributed by atoms with Gasteiger partial charge in [0.2, 0.25) is 0 Å². The first kappa shape index (κ1) is 15.5. The topological polar surface area (TPSA) is 43.8 Å². The van der Waals surface area contributed by atoms with Crippen molar-refractivity contribution in [2.45, 2.75) is 19.4 Å². The van der Waals surface area contributed by atoms with E-state index in [1.165, 1.54) is 0 Å². The van der Waals surface area contributed by atoms with E-state index in [2.05, 4.69) is 25.7 Å². The molecular formula is C15H21BrN2O2. The molecular weight excluding hydrogens is 320 g/mol. The summed E-state index contributed by atoms with van der Waals surface area (Å²) in [6, 6.07) is 5.68. The fourth-order valence-electron chi connectivity index (χ4n) is 2.55. The lowest BCUT2D eigenvalue weighted by atomic mass is 10.1. The van der Waals surface area contributed by atoms with Crippen LogP contribution in [0.4, 0.5) is 5.69 Å². The lowest BCUT2D eigenvalue weighted by Crippen LogP contribution is -2.50. The Bertz CT molecular complexity index is 477. The Hall–Kier alpha value is -0.910. The molecule has 0 saturated carbocycles. The van der Waals surface area contributed by atoms with Gasteiger partial charge in [0.1, 0.15) is 6.29 Å². The van der Waals surface area contributed by atoms with E-state index >= 15 is 0 Å². The molecule has 1 heterocycles. The number of rotatable bonds is 4. The summed E-state index contributed by atoms with van der Waals surface area (Å²) < 4.78 is 0.957. The quantitative estimate of drug-likeness (QED) is 0.853. The Kier molecular flexibility index (Phi) is 4.83. The van der Waals surface area contributed by atoms with Crippen molar-refractivity contribution in [3.8, 4) is 0 Å². The van der Waals surface area contributed by atoms with Gasteiger partial charge in [0, 0.05) is 42.8 Å². The SMILES string of the molecule is CC(C)(O)CN1CCN(c2ccc(C=O)cc2Br)CC1. The van der Waals surface area contributed by atoms with Crippen LogP contribution in [0.15, 0.2) is 22.7 Å². The van der Waals surface area contributed by atoms with Crippen molar-refractivity contribution < 1.29 is 9.90 Å². The normalized spacial score (nSPS) is 17.3. The van der Waals surface area contributed by atoms with Gasteiger partial charge < -0.3 is 10.0 Å². The maximum absolute atomic E-state index is 10.8. The molecule has 0 radical (unpaired) electrons. The number of piperazine rings is 1. The third-order valence-corrected chi connectivity index (χ3v) is 4.07. The second-order valence-electron chi connectivity index (χ2n) is 5.90. The van der Waals surface area contributed by atoms with E-state index in [1.807, 2.05) is 32.0 Å². The van der Waals surface area contributed by atoms with Crippen molar-refractivity contribution >= 4 is 27.9 Å². The van der Waals surface area contributed by atoms with Gasteiger partial charge in [-0.25, -0.2) is 0 Å². The highest BCUT2D eigenvalue weighted by Gasteiger charge is 2.23. The van der Waals surface area contributed by atoms with Gasteiger partial charge in [-0.1, -0.05) is 0 Å². The van der Waals surface area contributed by atoms with Crippen molar-refractivity contribution in [3.63, 3.8) is 0 Å². The third kappa shape index (κ3) is 4.04. The minimum Gasteiger partial charge on any atom is -0.389 e. The van der Waals surface area contributed by atoms with Crippen LogP contribution in [0.3, 0.4) is 0 Å². The number of hydrogen-bond acceptors (Lipinski definition) is 4. The molecule has 2 rings (SSSR count). The van der Waals surface area contributed by atoms with Crippen molar-refractivity contribution in [1.29, 1.82) is 0 Å². The number of nitrogens with zero attached hydrogens (tertiary/aromatic N) is 2. The van der Waals surface area contributed by atoms with Gasteiger partial charge in [-0.15, -0.1) is 0 Å². The Balaban J connectivity index is 1.98. The van der Waals surface area contributed by atoms with Crippen molar-refractivity contribution in [2.24, 2.45) is 0 Å². The fourth-order valence-corrected chi connectivity index (χ4v) is 3.19. The first-order valence-corrected chi connectivity index (χ1v) is 7.63.